The summed E-state index contributed by atoms with van der Waals surface area (Å²) in [6.45, 7) is 0. The fraction of sp³-hybridized carbons (Fsp3) is 0.333. The Morgan fingerprint density at radius 1 is 1.67 bits per heavy atom. The molecule has 0 aliphatic rings. The van der Waals surface area contributed by atoms with Gasteiger partial charge in [0.1, 0.15) is 0 Å². The summed E-state index contributed by atoms with van der Waals surface area (Å²) in [5.74, 6) is 0. The van der Waals surface area contributed by atoms with Crippen LogP contribution in [0.3, 0.4) is 0 Å². The van der Waals surface area contributed by atoms with Crippen molar-refractivity contribution in [2.24, 2.45) is 0 Å². The van der Waals surface area contributed by atoms with E-state index in [9.17, 15) is 8.42 Å². The smallest absolute Gasteiger partial charge is 0.194 e. The second-order valence-corrected chi connectivity index (χ2v) is 3.48. The monoisotopic (exact) mass is 146 g/mol. The van der Waals surface area contributed by atoms with Crippen molar-refractivity contribution in [1.82, 2.24) is 15.4 Å². The molecule has 1 N–H and O–H groups in total. The predicted octanol–water partition coefficient (Wildman–Crippen LogP) is -0.992. The highest BCUT2D eigenvalue weighted by Crippen LogP contribution is 1.96. The van der Waals surface area contributed by atoms with E-state index in [0.717, 1.165) is 6.26 Å². The minimum absolute atomic E-state index is 0.0810. The number of H-pyrrole nitrogens is 1. The molecule has 0 amide bonds. The van der Waals surface area contributed by atoms with E-state index in [1.54, 1.807) is 0 Å². The van der Waals surface area contributed by atoms with E-state index in [4.69, 9.17) is 0 Å². The van der Waals surface area contributed by atoms with Crippen molar-refractivity contribution in [2.75, 3.05) is 6.26 Å². The van der Waals surface area contributed by atoms with Crippen LogP contribution in [-0.4, -0.2) is 30.1 Å². The van der Waals surface area contributed by atoms with E-state index < -0.39 is 9.84 Å². The first kappa shape index (κ1) is 6.21. The van der Waals surface area contributed by atoms with Gasteiger partial charge in [-0.25, -0.2) is 13.5 Å². The Balaban J connectivity index is 3.20. The number of aromatic nitrogens is 3. The number of hydrogen-bond donors (Lipinski definition) is 1. The molecule has 0 saturated heterocycles. The molecule has 0 saturated carbocycles. The lowest BCUT2D eigenvalue weighted by molar-refractivity contribution is 0.597. The highest BCUT2D eigenvalue weighted by molar-refractivity contribution is 7.90. The lowest BCUT2D eigenvalue weighted by Crippen LogP contribution is -1.96. The van der Waals surface area contributed by atoms with Crippen molar-refractivity contribution in [2.45, 2.75) is 5.03 Å². The Morgan fingerprint density at radius 2 is 2.33 bits per heavy atom. The van der Waals surface area contributed by atoms with Crippen LogP contribution in [0.5, 0.6) is 0 Å². The van der Waals surface area contributed by atoms with Crippen LogP contribution >= 0.6 is 0 Å². The molecule has 0 aliphatic carbocycles. The Bertz CT molecular complexity index is 274. The number of nitrogens with zero attached hydrogens (tertiary/aromatic N) is 2. The fourth-order valence-electron chi connectivity index (χ4n) is 0.332. The molecule has 6 heteroatoms. The van der Waals surface area contributed by atoms with Crippen molar-refractivity contribution < 1.29 is 8.42 Å². The van der Waals surface area contributed by atoms with E-state index in [0.29, 0.717) is 0 Å². The minimum atomic E-state index is -3.20. The van der Waals surface area contributed by atoms with Gasteiger partial charge in [0.2, 0.25) is 0 Å². The summed E-state index contributed by atoms with van der Waals surface area (Å²) in [7, 11) is -3.20. The summed E-state index contributed by atoms with van der Waals surface area (Å²) in [6.07, 6.45) is 3.23. The maximum Gasteiger partial charge on any atom is 0.194 e. The van der Waals surface area contributed by atoms with Crippen LogP contribution in [0.15, 0.2) is 5.03 Å². The number of nitrogens with one attached hydrogen (secondary N) is 1. The maximum absolute atomic E-state index is 10.6. The number of rotatable bonds is 1. The van der Waals surface area contributed by atoms with Gasteiger partial charge in [0.05, 0.1) is 0 Å². The van der Waals surface area contributed by atoms with Gasteiger partial charge in [0.25, 0.3) is 0 Å². The van der Waals surface area contributed by atoms with Crippen molar-refractivity contribution in [3.05, 3.63) is 6.20 Å². The second-order valence-electron chi connectivity index (χ2n) is 1.52. The van der Waals surface area contributed by atoms with Gasteiger partial charge in [-0.2, -0.15) is 0 Å². The molecule has 1 aromatic rings. The molecule has 1 radical (unpaired) electrons. The molecule has 0 bridgehead atoms. The Morgan fingerprint density at radius 3 is 2.56 bits per heavy atom. The molecule has 9 heavy (non-hydrogen) atoms. The van der Waals surface area contributed by atoms with Crippen LogP contribution in [0, 0.1) is 6.20 Å². The van der Waals surface area contributed by atoms with E-state index in [2.05, 4.69) is 21.6 Å². The number of sulfone groups is 1. The third-order valence-electron chi connectivity index (χ3n) is 0.724. The van der Waals surface area contributed by atoms with Crippen molar-refractivity contribution in [3.63, 3.8) is 0 Å². The van der Waals surface area contributed by atoms with Crippen molar-refractivity contribution in [3.8, 4) is 0 Å². The van der Waals surface area contributed by atoms with Crippen molar-refractivity contribution in [1.29, 1.82) is 0 Å². The first-order valence-electron chi connectivity index (χ1n) is 2.09. The normalized spacial score (nSPS) is 11.7. The van der Waals surface area contributed by atoms with Crippen molar-refractivity contribution >= 4 is 9.84 Å². The molecule has 1 heterocycles. The summed E-state index contributed by atoms with van der Waals surface area (Å²) in [6, 6.07) is 0. The summed E-state index contributed by atoms with van der Waals surface area (Å²) in [5, 5.41) is 8.45. The Hall–Kier alpha value is -0.910. The van der Waals surface area contributed by atoms with Gasteiger partial charge in [0, 0.05) is 6.26 Å². The van der Waals surface area contributed by atoms with Crippen LogP contribution in [0.25, 0.3) is 0 Å². The van der Waals surface area contributed by atoms with Crippen LogP contribution in [0.2, 0.25) is 0 Å². The van der Waals surface area contributed by atoms with E-state index >= 15 is 0 Å². The lowest BCUT2D eigenvalue weighted by Gasteiger charge is -1.84. The summed E-state index contributed by atoms with van der Waals surface area (Å²) < 4.78 is 21.1. The average Bonchev–Trinajstić information content (AvgIpc) is 2.08. The molecule has 1 rings (SSSR count). The van der Waals surface area contributed by atoms with Gasteiger partial charge < -0.3 is 0 Å². The predicted molar refractivity (Wildman–Crippen MR) is 28.3 cm³/mol. The average molecular weight is 146 g/mol. The third kappa shape index (κ3) is 1.26. The number of hydrogen-bond acceptors (Lipinski definition) is 4. The van der Waals surface area contributed by atoms with Crippen LogP contribution < -0.4 is 0 Å². The quantitative estimate of drug-likeness (QED) is 0.551. The third-order valence-corrected chi connectivity index (χ3v) is 1.65. The molecule has 0 fully saturated rings. The first-order valence-corrected chi connectivity index (χ1v) is 3.98. The highest BCUT2D eigenvalue weighted by atomic mass is 32.2. The molecule has 0 atom stereocenters. The fourth-order valence-corrected chi connectivity index (χ4v) is 0.745. The molecule has 0 aromatic carbocycles. The molecular formula is C3H4N3O2S. The van der Waals surface area contributed by atoms with Crippen LogP contribution in [-0.2, 0) is 9.84 Å². The molecule has 0 unspecified atom stereocenters. The molecule has 49 valence electrons. The molecule has 0 spiro atoms. The Kier molecular flexibility index (Phi) is 1.24. The summed E-state index contributed by atoms with van der Waals surface area (Å²) >= 11 is 0. The zero-order valence-electron chi connectivity index (χ0n) is 4.62. The van der Waals surface area contributed by atoms with Gasteiger partial charge in [-0.15, -0.1) is 5.10 Å². The SMILES string of the molecule is CS(=O)(=O)c1[c]nn[nH]1. The largest absolute Gasteiger partial charge is 0.246 e. The summed E-state index contributed by atoms with van der Waals surface area (Å²) in [5.41, 5.74) is 0. The molecular weight excluding hydrogens is 142 g/mol. The lowest BCUT2D eigenvalue weighted by atomic mass is 11.0. The van der Waals surface area contributed by atoms with Gasteiger partial charge in [-0.3, -0.25) is 0 Å². The zero-order chi connectivity index (χ0) is 6.91. The maximum atomic E-state index is 10.6. The first-order chi connectivity index (χ1) is 4.11. The van der Waals surface area contributed by atoms with Crippen LogP contribution in [0.4, 0.5) is 0 Å². The zero-order valence-corrected chi connectivity index (χ0v) is 5.44. The summed E-state index contributed by atoms with van der Waals surface area (Å²) in [4.78, 5) is 0. The van der Waals surface area contributed by atoms with E-state index in [1.807, 2.05) is 0 Å². The Labute approximate surface area is 52.0 Å². The molecule has 1 aromatic heterocycles. The van der Waals surface area contributed by atoms with Gasteiger partial charge in [-0.05, 0) is 0 Å². The topological polar surface area (TPSA) is 75.7 Å². The van der Waals surface area contributed by atoms with E-state index in [1.165, 1.54) is 0 Å². The molecule has 0 aliphatic heterocycles. The second kappa shape index (κ2) is 1.80. The van der Waals surface area contributed by atoms with Gasteiger partial charge >= 0.3 is 0 Å². The minimum Gasteiger partial charge on any atom is -0.246 e. The highest BCUT2D eigenvalue weighted by Gasteiger charge is 2.07. The van der Waals surface area contributed by atoms with Gasteiger partial charge in [0.15, 0.2) is 21.1 Å². The number of aromatic amines is 1. The van der Waals surface area contributed by atoms with Crippen LogP contribution in [0.1, 0.15) is 0 Å². The standard InChI is InChI=1S/C3H4N3O2S/c1-9(7,8)3-2-4-6-5-3/h1H3,(H,4,5,6). The van der Waals surface area contributed by atoms with E-state index in [-0.39, 0.29) is 5.03 Å². The molecule has 5 nitrogen and oxygen atoms in total. The van der Waals surface area contributed by atoms with Gasteiger partial charge in [-0.1, -0.05) is 5.21 Å².